The molecule has 0 aromatic carbocycles. The SMILES string of the molecule is CN(CC(=O)N1CCCC1)c1c(C#N)c(=O)n(C)c(=O)n1C. The maximum Gasteiger partial charge on any atom is 0.332 e. The van der Waals surface area contributed by atoms with Gasteiger partial charge < -0.3 is 9.80 Å². The number of nitriles is 1. The lowest BCUT2D eigenvalue weighted by molar-refractivity contribution is -0.128. The van der Waals surface area contributed by atoms with Crippen molar-refractivity contribution in [3.8, 4) is 6.07 Å². The highest BCUT2D eigenvalue weighted by Gasteiger charge is 2.23. The van der Waals surface area contributed by atoms with Crippen molar-refractivity contribution in [3.63, 3.8) is 0 Å². The molecule has 0 aliphatic carbocycles. The summed E-state index contributed by atoms with van der Waals surface area (Å²) in [7, 11) is 4.41. The Morgan fingerprint density at radius 3 is 2.36 bits per heavy atom. The summed E-state index contributed by atoms with van der Waals surface area (Å²) in [4.78, 5) is 39.5. The Hall–Kier alpha value is -2.56. The molecule has 1 amide bonds. The fraction of sp³-hybridized carbons (Fsp3) is 0.571. The fourth-order valence-electron chi connectivity index (χ4n) is 2.72. The number of hydrogen-bond donors (Lipinski definition) is 0. The first kappa shape index (κ1) is 15.8. The topological polar surface area (TPSA) is 91.3 Å². The van der Waals surface area contributed by atoms with Crippen molar-refractivity contribution < 1.29 is 4.79 Å². The van der Waals surface area contributed by atoms with Crippen molar-refractivity contribution in [1.29, 1.82) is 5.26 Å². The quantitative estimate of drug-likeness (QED) is 0.715. The monoisotopic (exact) mass is 305 g/mol. The average molecular weight is 305 g/mol. The largest absolute Gasteiger partial charge is 0.350 e. The number of likely N-dealkylation sites (N-methyl/N-ethyl adjacent to an activating group) is 1. The van der Waals surface area contributed by atoms with E-state index < -0.39 is 11.2 Å². The van der Waals surface area contributed by atoms with Crippen LogP contribution in [-0.2, 0) is 18.9 Å². The van der Waals surface area contributed by atoms with Gasteiger partial charge in [0.2, 0.25) is 5.91 Å². The van der Waals surface area contributed by atoms with E-state index in [1.165, 1.54) is 23.6 Å². The Morgan fingerprint density at radius 1 is 1.23 bits per heavy atom. The highest BCUT2D eigenvalue weighted by molar-refractivity contribution is 5.81. The zero-order valence-corrected chi connectivity index (χ0v) is 13.0. The van der Waals surface area contributed by atoms with Gasteiger partial charge in [-0.15, -0.1) is 0 Å². The smallest absolute Gasteiger partial charge is 0.332 e. The van der Waals surface area contributed by atoms with Crippen LogP contribution in [0.15, 0.2) is 9.59 Å². The highest BCUT2D eigenvalue weighted by atomic mass is 16.2. The third kappa shape index (κ3) is 2.62. The number of aromatic nitrogens is 2. The van der Waals surface area contributed by atoms with Crippen molar-refractivity contribution >= 4 is 11.7 Å². The van der Waals surface area contributed by atoms with Gasteiger partial charge in [-0.3, -0.25) is 18.7 Å². The van der Waals surface area contributed by atoms with E-state index in [9.17, 15) is 19.6 Å². The van der Waals surface area contributed by atoms with Crippen molar-refractivity contribution in [3.05, 3.63) is 26.4 Å². The van der Waals surface area contributed by atoms with Crippen molar-refractivity contribution in [2.45, 2.75) is 12.8 Å². The Bertz CT molecular complexity index is 749. The Morgan fingerprint density at radius 2 is 1.82 bits per heavy atom. The van der Waals surface area contributed by atoms with Gasteiger partial charge in [-0.25, -0.2) is 4.79 Å². The van der Waals surface area contributed by atoms with Crippen molar-refractivity contribution in [1.82, 2.24) is 14.0 Å². The Kier molecular flexibility index (Phi) is 4.35. The first-order valence-corrected chi connectivity index (χ1v) is 7.07. The Balaban J connectivity index is 2.39. The summed E-state index contributed by atoms with van der Waals surface area (Å²) in [6.45, 7) is 1.48. The van der Waals surface area contributed by atoms with Crippen molar-refractivity contribution in [2.24, 2.45) is 14.1 Å². The molecule has 1 aliphatic rings. The summed E-state index contributed by atoms with van der Waals surface area (Å²) in [6, 6.07) is 1.84. The van der Waals surface area contributed by atoms with E-state index in [2.05, 4.69) is 0 Å². The molecule has 8 nitrogen and oxygen atoms in total. The van der Waals surface area contributed by atoms with Crippen LogP contribution >= 0.6 is 0 Å². The molecule has 8 heteroatoms. The molecule has 1 aromatic rings. The summed E-state index contributed by atoms with van der Waals surface area (Å²) in [5, 5.41) is 9.23. The van der Waals surface area contributed by atoms with Crippen LogP contribution in [0.2, 0.25) is 0 Å². The average Bonchev–Trinajstić information content (AvgIpc) is 3.02. The van der Waals surface area contributed by atoms with E-state index in [4.69, 9.17) is 0 Å². The lowest BCUT2D eigenvalue weighted by Gasteiger charge is -2.25. The van der Waals surface area contributed by atoms with Gasteiger partial charge in [-0.2, -0.15) is 5.26 Å². The number of likely N-dealkylation sites (tertiary alicyclic amines) is 1. The number of amides is 1. The maximum atomic E-state index is 12.2. The molecule has 0 spiro atoms. The van der Waals surface area contributed by atoms with Crippen LogP contribution < -0.4 is 16.1 Å². The van der Waals surface area contributed by atoms with Crippen molar-refractivity contribution in [2.75, 3.05) is 31.6 Å². The number of anilines is 1. The van der Waals surface area contributed by atoms with Gasteiger partial charge in [0.25, 0.3) is 5.56 Å². The molecule has 0 unspecified atom stereocenters. The fourth-order valence-corrected chi connectivity index (χ4v) is 2.72. The predicted molar refractivity (Wildman–Crippen MR) is 80.7 cm³/mol. The number of carbonyl (C=O) groups excluding carboxylic acids is 1. The third-order valence-electron chi connectivity index (χ3n) is 3.94. The highest BCUT2D eigenvalue weighted by Crippen LogP contribution is 2.14. The molecule has 22 heavy (non-hydrogen) atoms. The van der Waals surface area contributed by atoms with E-state index in [0.29, 0.717) is 0 Å². The standard InChI is InChI=1S/C14H19N5O3/c1-16(9-11(20)19-6-4-5-7-19)12-10(8-15)13(21)18(3)14(22)17(12)2/h4-7,9H2,1-3H3. The summed E-state index contributed by atoms with van der Waals surface area (Å²) in [5.41, 5.74) is -1.32. The van der Waals surface area contributed by atoms with Gasteiger partial charge in [0, 0.05) is 34.2 Å². The molecule has 0 radical (unpaired) electrons. The number of rotatable bonds is 3. The van der Waals surface area contributed by atoms with E-state index in [-0.39, 0.29) is 23.8 Å². The summed E-state index contributed by atoms with van der Waals surface area (Å²) in [5.74, 6) is 0.0974. The van der Waals surface area contributed by atoms with E-state index >= 15 is 0 Å². The zero-order chi connectivity index (χ0) is 16.4. The Labute approximate surface area is 127 Å². The first-order chi connectivity index (χ1) is 10.4. The summed E-state index contributed by atoms with van der Waals surface area (Å²) in [6.07, 6.45) is 1.98. The molecule has 1 aliphatic heterocycles. The van der Waals surface area contributed by atoms with Crippen LogP contribution in [0.4, 0.5) is 5.82 Å². The minimum absolute atomic E-state index is 0.0229. The summed E-state index contributed by atoms with van der Waals surface area (Å²) >= 11 is 0. The van der Waals surface area contributed by atoms with E-state index in [1.54, 1.807) is 11.9 Å². The van der Waals surface area contributed by atoms with E-state index in [1.807, 2.05) is 6.07 Å². The third-order valence-corrected chi connectivity index (χ3v) is 3.94. The zero-order valence-electron chi connectivity index (χ0n) is 13.0. The molecule has 118 valence electrons. The molecular weight excluding hydrogens is 286 g/mol. The number of nitrogens with zero attached hydrogens (tertiary/aromatic N) is 5. The van der Waals surface area contributed by atoms with Gasteiger partial charge >= 0.3 is 5.69 Å². The van der Waals surface area contributed by atoms with Gasteiger partial charge in [0.05, 0.1) is 6.54 Å². The molecule has 2 heterocycles. The minimum Gasteiger partial charge on any atom is -0.350 e. The molecule has 0 N–H and O–H groups in total. The first-order valence-electron chi connectivity index (χ1n) is 7.07. The van der Waals surface area contributed by atoms with Gasteiger partial charge in [-0.05, 0) is 12.8 Å². The van der Waals surface area contributed by atoms with E-state index in [0.717, 1.165) is 30.5 Å². The normalized spacial score (nSPS) is 14.0. The van der Waals surface area contributed by atoms with Crippen LogP contribution in [0.25, 0.3) is 0 Å². The predicted octanol–water partition coefficient (Wildman–Crippen LogP) is -0.986. The van der Waals surface area contributed by atoms with Gasteiger partial charge in [0.15, 0.2) is 5.56 Å². The molecule has 2 rings (SSSR count). The maximum absolute atomic E-state index is 12.2. The number of hydrogen-bond acceptors (Lipinski definition) is 5. The number of carbonyl (C=O) groups is 1. The summed E-state index contributed by atoms with van der Waals surface area (Å²) < 4.78 is 2.11. The molecular formula is C14H19N5O3. The second-order valence-electron chi connectivity index (χ2n) is 5.46. The molecule has 0 bridgehead atoms. The molecule has 0 saturated carbocycles. The lowest BCUT2D eigenvalue weighted by atomic mass is 10.3. The molecule has 1 fully saturated rings. The molecule has 1 saturated heterocycles. The van der Waals surface area contributed by atoms with Crippen LogP contribution in [-0.4, -0.2) is 46.6 Å². The second kappa shape index (κ2) is 6.05. The van der Waals surface area contributed by atoms with Crippen LogP contribution in [0.5, 0.6) is 0 Å². The second-order valence-corrected chi connectivity index (χ2v) is 5.46. The van der Waals surface area contributed by atoms with Crippen LogP contribution in [0, 0.1) is 11.3 Å². The van der Waals surface area contributed by atoms with Crippen LogP contribution in [0.3, 0.4) is 0 Å². The molecule has 0 atom stereocenters. The van der Waals surface area contributed by atoms with Gasteiger partial charge in [0.1, 0.15) is 11.9 Å². The minimum atomic E-state index is -0.652. The lowest BCUT2D eigenvalue weighted by Crippen LogP contribution is -2.44. The molecule has 1 aromatic heterocycles. The van der Waals surface area contributed by atoms with Gasteiger partial charge in [-0.1, -0.05) is 0 Å². The van der Waals surface area contributed by atoms with Crippen LogP contribution in [0.1, 0.15) is 18.4 Å².